The van der Waals surface area contributed by atoms with E-state index in [0.717, 1.165) is 19.4 Å². The lowest BCUT2D eigenvalue weighted by Crippen LogP contribution is -2.36. The molecule has 1 saturated heterocycles. The summed E-state index contributed by atoms with van der Waals surface area (Å²) in [5.41, 5.74) is 7.18. The summed E-state index contributed by atoms with van der Waals surface area (Å²) < 4.78 is 13.1. The van der Waals surface area contributed by atoms with Crippen molar-refractivity contribution in [2.75, 3.05) is 18.0 Å². The van der Waals surface area contributed by atoms with Crippen molar-refractivity contribution in [1.82, 2.24) is 9.97 Å². The quantitative estimate of drug-likeness (QED) is 0.947. The molecule has 1 aliphatic heterocycles. The number of benzene rings is 1. The van der Waals surface area contributed by atoms with E-state index in [0.29, 0.717) is 28.8 Å². The number of nitrogens with two attached hydrogens (primary N) is 1. The third-order valence-corrected chi connectivity index (χ3v) is 4.07. The summed E-state index contributed by atoms with van der Waals surface area (Å²) in [4.78, 5) is 11.0. The van der Waals surface area contributed by atoms with Crippen LogP contribution >= 0.6 is 11.6 Å². The van der Waals surface area contributed by atoms with Crippen LogP contribution in [0.2, 0.25) is 5.02 Å². The highest BCUT2D eigenvalue weighted by atomic mass is 35.5. The van der Waals surface area contributed by atoms with E-state index >= 15 is 0 Å². The van der Waals surface area contributed by atoms with Gasteiger partial charge < -0.3 is 10.6 Å². The van der Waals surface area contributed by atoms with Gasteiger partial charge in [0.05, 0.1) is 10.7 Å². The van der Waals surface area contributed by atoms with Crippen molar-refractivity contribution in [3.8, 4) is 11.3 Å². The van der Waals surface area contributed by atoms with E-state index in [1.54, 1.807) is 18.3 Å². The summed E-state index contributed by atoms with van der Waals surface area (Å²) in [5.74, 6) is 0.293. The lowest BCUT2D eigenvalue weighted by molar-refractivity contribution is 0.628. The first kappa shape index (κ1) is 14.2. The van der Waals surface area contributed by atoms with Gasteiger partial charge in [0.1, 0.15) is 5.82 Å². The number of halogens is 2. The van der Waals surface area contributed by atoms with Crippen LogP contribution in [0.5, 0.6) is 0 Å². The number of rotatable bonds is 3. The fourth-order valence-electron chi connectivity index (χ4n) is 2.68. The van der Waals surface area contributed by atoms with Crippen molar-refractivity contribution >= 4 is 17.5 Å². The van der Waals surface area contributed by atoms with Gasteiger partial charge in [0.2, 0.25) is 5.95 Å². The zero-order chi connectivity index (χ0) is 14.8. The zero-order valence-electron chi connectivity index (χ0n) is 11.5. The number of aromatic nitrogens is 2. The summed E-state index contributed by atoms with van der Waals surface area (Å²) in [5, 5.41) is 0.344. The Labute approximate surface area is 127 Å². The molecule has 0 amide bonds. The smallest absolute Gasteiger partial charge is 0.226 e. The van der Waals surface area contributed by atoms with Crippen molar-refractivity contribution in [1.29, 1.82) is 0 Å². The highest BCUT2D eigenvalue weighted by Crippen LogP contribution is 2.29. The van der Waals surface area contributed by atoms with Gasteiger partial charge in [-0.3, -0.25) is 0 Å². The molecule has 1 aliphatic rings. The fourth-order valence-corrected chi connectivity index (χ4v) is 2.94. The third kappa shape index (κ3) is 2.84. The number of anilines is 1. The van der Waals surface area contributed by atoms with E-state index in [4.69, 9.17) is 17.3 Å². The van der Waals surface area contributed by atoms with Crippen molar-refractivity contribution in [2.45, 2.75) is 18.9 Å². The van der Waals surface area contributed by atoms with Crippen LogP contribution in [0.15, 0.2) is 30.5 Å². The minimum absolute atomic E-state index is 0.281. The van der Waals surface area contributed by atoms with Crippen LogP contribution in [0.4, 0.5) is 10.3 Å². The largest absolute Gasteiger partial charge is 0.337 e. The average Bonchev–Trinajstić information content (AvgIpc) is 2.96. The van der Waals surface area contributed by atoms with Crippen LogP contribution in [0.1, 0.15) is 12.8 Å². The van der Waals surface area contributed by atoms with E-state index in [2.05, 4.69) is 14.9 Å². The molecule has 1 aromatic carbocycles. The van der Waals surface area contributed by atoms with Crippen molar-refractivity contribution in [3.05, 3.63) is 41.3 Å². The maximum Gasteiger partial charge on any atom is 0.226 e. The van der Waals surface area contributed by atoms with Gasteiger partial charge in [-0.1, -0.05) is 11.6 Å². The molecule has 4 nitrogen and oxygen atoms in total. The third-order valence-electron chi connectivity index (χ3n) is 3.76. The molecule has 1 atom stereocenters. The number of hydrogen-bond acceptors (Lipinski definition) is 4. The molecule has 0 saturated carbocycles. The van der Waals surface area contributed by atoms with Crippen LogP contribution in [0.3, 0.4) is 0 Å². The molecule has 2 N–H and O–H groups in total. The minimum Gasteiger partial charge on any atom is -0.337 e. The molecule has 2 aromatic rings. The molecule has 1 unspecified atom stereocenters. The Hall–Kier alpha value is -1.72. The van der Waals surface area contributed by atoms with Crippen LogP contribution in [0, 0.1) is 5.82 Å². The second-order valence-corrected chi connectivity index (χ2v) is 5.50. The molecule has 0 spiro atoms. The molecule has 110 valence electrons. The summed E-state index contributed by atoms with van der Waals surface area (Å²) in [7, 11) is 0. The van der Waals surface area contributed by atoms with Gasteiger partial charge in [-0.15, -0.1) is 0 Å². The van der Waals surface area contributed by atoms with Gasteiger partial charge in [-0.25, -0.2) is 14.4 Å². The van der Waals surface area contributed by atoms with Crippen LogP contribution in [0.25, 0.3) is 11.3 Å². The Morgan fingerprint density at radius 1 is 1.38 bits per heavy atom. The van der Waals surface area contributed by atoms with E-state index in [-0.39, 0.29) is 11.9 Å². The first-order valence-corrected chi connectivity index (χ1v) is 7.32. The second-order valence-electron chi connectivity index (χ2n) is 5.09. The lowest BCUT2D eigenvalue weighted by Gasteiger charge is -2.23. The van der Waals surface area contributed by atoms with Crippen molar-refractivity contribution < 1.29 is 4.39 Å². The standard InChI is InChI=1S/C15H16ClFN4/c16-13-8-10(17)3-4-12(13)14-5-6-19-15(20-14)21-7-1-2-11(21)9-18/h3-6,8,11H,1-2,7,9,18H2. The molecule has 2 heterocycles. The summed E-state index contributed by atoms with van der Waals surface area (Å²) in [6.45, 7) is 1.49. The highest BCUT2D eigenvalue weighted by molar-refractivity contribution is 6.33. The van der Waals surface area contributed by atoms with Crippen LogP contribution in [-0.2, 0) is 0 Å². The van der Waals surface area contributed by atoms with Gasteiger partial charge in [0, 0.05) is 30.9 Å². The summed E-state index contributed by atoms with van der Waals surface area (Å²) >= 11 is 6.10. The highest BCUT2D eigenvalue weighted by Gasteiger charge is 2.25. The fraction of sp³-hybridized carbons (Fsp3) is 0.333. The molecule has 3 rings (SSSR count). The first-order valence-electron chi connectivity index (χ1n) is 6.94. The molecular weight excluding hydrogens is 291 g/mol. The molecule has 0 bridgehead atoms. The topological polar surface area (TPSA) is 55.0 Å². The van der Waals surface area contributed by atoms with Gasteiger partial charge in [-0.05, 0) is 37.1 Å². The normalized spacial score (nSPS) is 18.2. The van der Waals surface area contributed by atoms with Gasteiger partial charge in [0.25, 0.3) is 0 Å². The molecule has 21 heavy (non-hydrogen) atoms. The Bertz CT molecular complexity index is 649. The Balaban J connectivity index is 1.96. The number of hydrogen-bond donors (Lipinski definition) is 1. The molecule has 0 aliphatic carbocycles. The Morgan fingerprint density at radius 3 is 3.00 bits per heavy atom. The maximum absolute atomic E-state index is 13.1. The van der Waals surface area contributed by atoms with Crippen LogP contribution < -0.4 is 10.6 Å². The molecule has 1 aromatic heterocycles. The van der Waals surface area contributed by atoms with Crippen LogP contribution in [-0.4, -0.2) is 29.1 Å². The Kier molecular flexibility index (Phi) is 4.03. The predicted octanol–water partition coefficient (Wildman–Crippen LogP) is 2.86. The molecule has 0 radical (unpaired) electrons. The monoisotopic (exact) mass is 306 g/mol. The first-order chi connectivity index (χ1) is 10.2. The lowest BCUT2D eigenvalue weighted by atomic mass is 10.1. The molecule has 6 heteroatoms. The predicted molar refractivity (Wildman–Crippen MR) is 81.9 cm³/mol. The summed E-state index contributed by atoms with van der Waals surface area (Å²) in [6, 6.07) is 6.35. The van der Waals surface area contributed by atoms with Crippen molar-refractivity contribution in [3.63, 3.8) is 0 Å². The SMILES string of the molecule is NCC1CCCN1c1nccc(-c2ccc(F)cc2Cl)n1. The Morgan fingerprint density at radius 2 is 2.24 bits per heavy atom. The maximum atomic E-state index is 13.1. The van der Waals surface area contributed by atoms with E-state index in [1.807, 2.05) is 0 Å². The van der Waals surface area contributed by atoms with Crippen molar-refractivity contribution in [2.24, 2.45) is 5.73 Å². The van der Waals surface area contributed by atoms with E-state index in [1.165, 1.54) is 12.1 Å². The summed E-state index contributed by atoms with van der Waals surface area (Å²) in [6.07, 6.45) is 3.84. The average molecular weight is 307 g/mol. The second kappa shape index (κ2) is 5.95. The zero-order valence-corrected chi connectivity index (χ0v) is 12.2. The van der Waals surface area contributed by atoms with Gasteiger partial charge in [-0.2, -0.15) is 0 Å². The minimum atomic E-state index is -0.360. The number of nitrogens with zero attached hydrogens (tertiary/aromatic N) is 3. The van der Waals surface area contributed by atoms with Gasteiger partial charge >= 0.3 is 0 Å². The molecule has 1 fully saturated rings. The van der Waals surface area contributed by atoms with Gasteiger partial charge in [0.15, 0.2) is 0 Å². The van der Waals surface area contributed by atoms with E-state index in [9.17, 15) is 4.39 Å². The van der Waals surface area contributed by atoms with E-state index < -0.39 is 0 Å². The molecular formula is C15H16ClFN4.